The van der Waals surface area contributed by atoms with Crippen LogP contribution in [0.25, 0.3) is 22.2 Å². The standard InChI is InChI=1S/C27H30N4O6/c1-14-21(26(32)30-16-4-6-17(7-5-16)31-27(33)34)24-23(29-14)18(10-11-28-24)22-19(35-12-15-2-3-15)8-9-20-25(22)37-13-36-20/h8-11,15-17,29,31H,2-7,12-13H2,1H3,(H,30,32)(H,33,34)/t16-,17+. The Morgan fingerprint density at radius 3 is 2.57 bits per heavy atom. The van der Waals surface area contributed by atoms with Crippen LogP contribution in [0.4, 0.5) is 4.79 Å². The van der Waals surface area contributed by atoms with E-state index in [-0.39, 0.29) is 24.8 Å². The van der Waals surface area contributed by atoms with Gasteiger partial charge in [0.1, 0.15) is 11.3 Å². The molecule has 2 fully saturated rings. The summed E-state index contributed by atoms with van der Waals surface area (Å²) in [5, 5.41) is 14.6. The average Bonchev–Trinajstić information content (AvgIpc) is 3.46. The van der Waals surface area contributed by atoms with Crippen LogP contribution in [0.15, 0.2) is 24.4 Å². The van der Waals surface area contributed by atoms with Gasteiger partial charge in [0.05, 0.1) is 23.3 Å². The van der Waals surface area contributed by atoms with Crippen molar-refractivity contribution in [2.24, 2.45) is 5.92 Å². The third kappa shape index (κ3) is 4.63. The van der Waals surface area contributed by atoms with Crippen LogP contribution in [0.1, 0.15) is 54.6 Å². The number of carboxylic acid groups (broad SMARTS) is 1. The number of aromatic amines is 1. The van der Waals surface area contributed by atoms with Gasteiger partial charge in [0.15, 0.2) is 11.5 Å². The van der Waals surface area contributed by atoms with Crippen molar-refractivity contribution in [2.75, 3.05) is 13.4 Å². The number of nitrogens with one attached hydrogen (secondary N) is 3. The van der Waals surface area contributed by atoms with Crippen molar-refractivity contribution in [3.05, 3.63) is 35.7 Å². The fraction of sp³-hybridized carbons (Fsp3) is 0.444. The number of hydrogen-bond acceptors (Lipinski definition) is 6. The average molecular weight is 507 g/mol. The first-order valence-electron chi connectivity index (χ1n) is 12.8. The van der Waals surface area contributed by atoms with E-state index < -0.39 is 6.09 Å². The monoisotopic (exact) mass is 506 g/mol. The Labute approximate surface area is 213 Å². The molecule has 2 aliphatic carbocycles. The van der Waals surface area contributed by atoms with Crippen LogP contribution in [0.5, 0.6) is 17.2 Å². The predicted molar refractivity (Wildman–Crippen MR) is 135 cm³/mol. The molecule has 0 bridgehead atoms. The first-order chi connectivity index (χ1) is 18.0. The predicted octanol–water partition coefficient (Wildman–Crippen LogP) is 4.36. The van der Waals surface area contributed by atoms with Crippen LogP contribution in [0.3, 0.4) is 0 Å². The fourth-order valence-electron chi connectivity index (χ4n) is 5.33. The third-order valence-corrected chi connectivity index (χ3v) is 7.43. The van der Waals surface area contributed by atoms with Crippen LogP contribution < -0.4 is 24.8 Å². The summed E-state index contributed by atoms with van der Waals surface area (Å²) < 4.78 is 17.7. The van der Waals surface area contributed by atoms with Gasteiger partial charge >= 0.3 is 6.09 Å². The largest absolute Gasteiger partial charge is 0.493 e. The number of carbonyl (C=O) groups excluding carboxylic acids is 1. The van der Waals surface area contributed by atoms with Gasteiger partial charge in [-0.3, -0.25) is 9.78 Å². The molecule has 37 heavy (non-hydrogen) atoms. The Morgan fingerprint density at radius 1 is 1.08 bits per heavy atom. The highest BCUT2D eigenvalue weighted by atomic mass is 16.7. The fourth-order valence-corrected chi connectivity index (χ4v) is 5.33. The number of rotatable bonds is 7. The summed E-state index contributed by atoms with van der Waals surface area (Å²) in [4.78, 5) is 32.3. The number of H-pyrrole nitrogens is 1. The zero-order valence-corrected chi connectivity index (χ0v) is 20.6. The maximum atomic E-state index is 13.4. The molecule has 10 nitrogen and oxygen atoms in total. The van der Waals surface area contributed by atoms with Crippen LogP contribution in [-0.2, 0) is 0 Å². The molecule has 0 radical (unpaired) electrons. The SMILES string of the molecule is Cc1[nH]c2c(-c3c(OCC4CC4)ccc4c3OCO4)ccnc2c1C(=O)N[C@H]1CC[C@@H](NC(=O)O)CC1. The number of pyridine rings is 1. The topological polar surface area (TPSA) is 135 Å². The van der Waals surface area contributed by atoms with Crippen LogP contribution in [0.2, 0.25) is 0 Å². The molecule has 0 unspecified atom stereocenters. The summed E-state index contributed by atoms with van der Waals surface area (Å²) >= 11 is 0. The van der Waals surface area contributed by atoms with E-state index in [1.807, 2.05) is 25.1 Å². The van der Waals surface area contributed by atoms with Crippen LogP contribution >= 0.6 is 0 Å². The lowest BCUT2D eigenvalue weighted by Crippen LogP contribution is -2.43. The van der Waals surface area contributed by atoms with E-state index in [0.717, 1.165) is 22.3 Å². The lowest BCUT2D eigenvalue weighted by molar-refractivity contribution is 0.0924. The van der Waals surface area contributed by atoms with E-state index in [1.54, 1.807) is 6.20 Å². The highest BCUT2D eigenvalue weighted by Gasteiger charge is 2.30. The van der Waals surface area contributed by atoms with Crippen molar-refractivity contribution in [2.45, 2.75) is 57.5 Å². The minimum absolute atomic E-state index is 0.0164. The summed E-state index contributed by atoms with van der Waals surface area (Å²) in [5.41, 5.74) is 4.17. The molecule has 0 spiro atoms. The second-order valence-corrected chi connectivity index (χ2v) is 10.1. The maximum absolute atomic E-state index is 13.4. The number of carbonyl (C=O) groups is 2. The van der Waals surface area contributed by atoms with Gasteiger partial charge in [-0.05, 0) is 69.6 Å². The molecule has 1 aliphatic heterocycles. The lowest BCUT2D eigenvalue weighted by atomic mass is 9.91. The van der Waals surface area contributed by atoms with Gasteiger partial charge in [-0.2, -0.15) is 0 Å². The number of amides is 2. The second kappa shape index (κ2) is 9.49. The number of hydrogen-bond donors (Lipinski definition) is 4. The van der Waals surface area contributed by atoms with Gasteiger partial charge < -0.3 is 34.9 Å². The Hall–Kier alpha value is -3.95. The van der Waals surface area contributed by atoms with Crippen LogP contribution in [-0.4, -0.2) is 52.6 Å². The van der Waals surface area contributed by atoms with Gasteiger partial charge in [0, 0.05) is 29.5 Å². The Kier molecular flexibility index (Phi) is 6.02. The molecule has 10 heteroatoms. The van der Waals surface area contributed by atoms with Gasteiger partial charge in [-0.1, -0.05) is 0 Å². The molecule has 2 aromatic heterocycles. The third-order valence-electron chi connectivity index (χ3n) is 7.43. The molecule has 194 valence electrons. The van der Waals surface area contributed by atoms with Gasteiger partial charge in [-0.15, -0.1) is 0 Å². The van der Waals surface area contributed by atoms with Gasteiger partial charge in [0.2, 0.25) is 6.79 Å². The molecule has 3 aliphatic rings. The molecular formula is C27H30N4O6. The van der Waals surface area contributed by atoms with E-state index in [2.05, 4.69) is 20.6 Å². The van der Waals surface area contributed by atoms with E-state index in [1.165, 1.54) is 12.8 Å². The van der Waals surface area contributed by atoms with Crippen molar-refractivity contribution < 1.29 is 28.9 Å². The smallest absolute Gasteiger partial charge is 0.404 e. The molecule has 2 amide bonds. The number of fused-ring (bicyclic) bond motifs is 2. The molecule has 1 aromatic carbocycles. The summed E-state index contributed by atoms with van der Waals surface area (Å²) in [6.45, 7) is 2.67. The molecule has 0 atom stereocenters. The molecule has 2 saturated carbocycles. The van der Waals surface area contributed by atoms with Crippen molar-refractivity contribution >= 4 is 23.0 Å². The number of nitrogens with zero attached hydrogens (tertiary/aromatic N) is 1. The second-order valence-electron chi connectivity index (χ2n) is 10.1. The first kappa shape index (κ1) is 23.4. The molecule has 3 heterocycles. The Balaban J connectivity index is 1.30. The van der Waals surface area contributed by atoms with Crippen molar-refractivity contribution in [1.29, 1.82) is 0 Å². The van der Waals surface area contributed by atoms with E-state index >= 15 is 0 Å². The Morgan fingerprint density at radius 2 is 1.84 bits per heavy atom. The highest BCUT2D eigenvalue weighted by Crippen LogP contribution is 2.49. The quantitative estimate of drug-likeness (QED) is 0.374. The molecule has 0 saturated heterocycles. The number of benzene rings is 1. The molecule has 4 N–H and O–H groups in total. The highest BCUT2D eigenvalue weighted by molar-refractivity contribution is 6.10. The first-order valence-corrected chi connectivity index (χ1v) is 12.8. The van der Waals surface area contributed by atoms with Crippen molar-refractivity contribution in [1.82, 2.24) is 20.6 Å². The van der Waals surface area contributed by atoms with Crippen LogP contribution in [0, 0.1) is 12.8 Å². The van der Waals surface area contributed by atoms with Crippen molar-refractivity contribution in [3.8, 4) is 28.4 Å². The van der Waals surface area contributed by atoms with Gasteiger partial charge in [0.25, 0.3) is 5.91 Å². The van der Waals surface area contributed by atoms with E-state index in [9.17, 15) is 9.59 Å². The Bertz CT molecular complexity index is 1360. The zero-order chi connectivity index (χ0) is 25.5. The van der Waals surface area contributed by atoms with Crippen molar-refractivity contribution in [3.63, 3.8) is 0 Å². The zero-order valence-electron chi connectivity index (χ0n) is 20.6. The number of aromatic nitrogens is 2. The van der Waals surface area contributed by atoms with E-state index in [0.29, 0.717) is 66.5 Å². The number of ether oxygens (including phenoxy) is 3. The molecule has 6 rings (SSSR count). The summed E-state index contributed by atoms with van der Waals surface area (Å²) in [6, 6.07) is 5.59. The summed E-state index contributed by atoms with van der Waals surface area (Å²) in [7, 11) is 0. The van der Waals surface area contributed by atoms with Gasteiger partial charge in [-0.25, -0.2) is 4.79 Å². The summed E-state index contributed by atoms with van der Waals surface area (Å²) in [6.07, 6.45) is 5.87. The molecular weight excluding hydrogens is 476 g/mol. The maximum Gasteiger partial charge on any atom is 0.404 e. The summed E-state index contributed by atoms with van der Waals surface area (Å²) in [5.74, 6) is 2.41. The minimum Gasteiger partial charge on any atom is -0.493 e. The van der Waals surface area contributed by atoms with E-state index in [4.69, 9.17) is 19.3 Å². The number of aryl methyl sites for hydroxylation is 1. The minimum atomic E-state index is -1.01. The molecule has 3 aromatic rings. The normalized spacial score (nSPS) is 20.6. The lowest BCUT2D eigenvalue weighted by Gasteiger charge is -2.28.